The van der Waals surface area contributed by atoms with Gasteiger partial charge in [-0.25, -0.2) is 4.98 Å². The number of benzene rings is 2. The zero-order valence-electron chi connectivity index (χ0n) is 10.9. The molecule has 0 spiro atoms. The highest BCUT2D eigenvalue weighted by Gasteiger charge is 2.07. The molecule has 0 aliphatic heterocycles. The lowest BCUT2D eigenvalue weighted by molar-refractivity contribution is 1.15. The quantitative estimate of drug-likeness (QED) is 0.745. The third-order valence-corrected chi connectivity index (χ3v) is 3.81. The molecular weight excluding hydrogens is 316 g/mol. The second kappa shape index (κ2) is 5.09. The van der Waals surface area contributed by atoms with E-state index in [-0.39, 0.29) is 5.95 Å². The smallest absolute Gasteiger partial charge is 0.221 e. The third-order valence-electron chi connectivity index (χ3n) is 3.11. The number of halogens is 1. The summed E-state index contributed by atoms with van der Waals surface area (Å²) in [5.41, 5.74) is 7.59. The first-order valence-electron chi connectivity index (χ1n) is 6.18. The first kappa shape index (κ1) is 12.9. The van der Waals surface area contributed by atoms with Gasteiger partial charge in [-0.05, 0) is 24.4 Å². The highest BCUT2D eigenvalue weighted by atomic mass is 79.9. The van der Waals surface area contributed by atoms with Crippen molar-refractivity contribution in [3.8, 4) is 0 Å². The first-order chi connectivity index (χ1) is 9.65. The van der Waals surface area contributed by atoms with Gasteiger partial charge in [0.15, 0.2) is 0 Å². The molecule has 1 heterocycles. The number of hydrogen-bond donors (Lipinski definition) is 2. The molecule has 0 atom stereocenters. The van der Waals surface area contributed by atoms with E-state index in [1.54, 1.807) is 6.20 Å². The number of hydrogen-bond acceptors (Lipinski definition) is 4. The maximum Gasteiger partial charge on any atom is 0.221 e. The van der Waals surface area contributed by atoms with Gasteiger partial charge < -0.3 is 11.1 Å². The topological polar surface area (TPSA) is 63.8 Å². The molecule has 0 radical (unpaired) electrons. The van der Waals surface area contributed by atoms with E-state index in [9.17, 15) is 0 Å². The van der Waals surface area contributed by atoms with Gasteiger partial charge in [-0.3, -0.25) is 0 Å². The van der Waals surface area contributed by atoms with Crippen molar-refractivity contribution in [3.05, 3.63) is 52.6 Å². The van der Waals surface area contributed by atoms with E-state index in [2.05, 4.69) is 43.3 Å². The predicted molar refractivity (Wildman–Crippen MR) is 86.1 cm³/mol. The van der Waals surface area contributed by atoms with E-state index in [1.807, 2.05) is 31.2 Å². The summed E-state index contributed by atoms with van der Waals surface area (Å²) in [6, 6.07) is 12.2. The normalized spacial score (nSPS) is 10.7. The van der Waals surface area contributed by atoms with Crippen LogP contribution >= 0.6 is 15.9 Å². The van der Waals surface area contributed by atoms with Crippen molar-refractivity contribution in [2.45, 2.75) is 6.92 Å². The van der Waals surface area contributed by atoms with Gasteiger partial charge in [0.25, 0.3) is 0 Å². The maximum absolute atomic E-state index is 5.65. The van der Waals surface area contributed by atoms with Crippen LogP contribution in [0.15, 0.2) is 47.1 Å². The van der Waals surface area contributed by atoms with Crippen molar-refractivity contribution < 1.29 is 0 Å². The minimum absolute atomic E-state index is 0.263. The van der Waals surface area contributed by atoms with E-state index in [1.165, 1.54) is 0 Å². The van der Waals surface area contributed by atoms with E-state index < -0.39 is 0 Å². The van der Waals surface area contributed by atoms with Crippen LogP contribution in [0.25, 0.3) is 10.8 Å². The Morgan fingerprint density at radius 3 is 2.65 bits per heavy atom. The molecule has 3 N–H and O–H groups in total. The first-order valence-corrected chi connectivity index (χ1v) is 6.98. The Morgan fingerprint density at radius 2 is 1.85 bits per heavy atom. The van der Waals surface area contributed by atoms with Gasteiger partial charge >= 0.3 is 0 Å². The third kappa shape index (κ3) is 2.32. The summed E-state index contributed by atoms with van der Waals surface area (Å²) in [7, 11) is 0. The van der Waals surface area contributed by atoms with E-state index in [0.717, 1.165) is 32.3 Å². The Hall–Kier alpha value is -2.14. The van der Waals surface area contributed by atoms with Gasteiger partial charge in [0.1, 0.15) is 5.82 Å². The number of nitrogens with two attached hydrogens (primary N) is 1. The fraction of sp³-hybridized carbons (Fsp3) is 0.0667. The van der Waals surface area contributed by atoms with Crippen LogP contribution in [0.5, 0.6) is 0 Å². The zero-order valence-corrected chi connectivity index (χ0v) is 12.5. The van der Waals surface area contributed by atoms with Gasteiger partial charge in [-0.15, -0.1) is 0 Å². The summed E-state index contributed by atoms with van der Waals surface area (Å²) < 4.78 is 1.07. The Balaban J connectivity index is 2.11. The lowest BCUT2D eigenvalue weighted by Crippen LogP contribution is -2.02. The Kier molecular flexibility index (Phi) is 3.28. The fourth-order valence-electron chi connectivity index (χ4n) is 2.08. The summed E-state index contributed by atoms with van der Waals surface area (Å²) in [5.74, 6) is 0.990. The van der Waals surface area contributed by atoms with Crippen LogP contribution < -0.4 is 11.1 Å². The molecule has 5 heteroatoms. The fourth-order valence-corrected chi connectivity index (χ4v) is 2.56. The molecular formula is C15H13BrN4. The molecule has 0 saturated heterocycles. The number of rotatable bonds is 2. The number of nitrogens with one attached hydrogen (secondary N) is 1. The van der Waals surface area contributed by atoms with Crippen LogP contribution in [0.1, 0.15) is 5.56 Å². The minimum Gasteiger partial charge on any atom is -0.368 e. The molecule has 0 amide bonds. The number of nitrogen functional groups attached to an aromatic ring is 1. The molecule has 0 saturated carbocycles. The van der Waals surface area contributed by atoms with Gasteiger partial charge in [-0.2, -0.15) is 4.98 Å². The molecule has 0 aliphatic rings. The molecule has 0 unspecified atom stereocenters. The number of nitrogens with zero attached hydrogens (tertiary/aromatic N) is 2. The second-order valence-electron chi connectivity index (χ2n) is 4.53. The number of aromatic nitrogens is 2. The summed E-state index contributed by atoms with van der Waals surface area (Å²) in [6.45, 7) is 1.95. The molecule has 3 rings (SSSR count). The molecule has 0 fully saturated rings. The molecule has 4 nitrogen and oxygen atoms in total. The lowest BCUT2D eigenvalue weighted by atomic mass is 10.1. The summed E-state index contributed by atoms with van der Waals surface area (Å²) in [6.07, 6.45) is 1.71. The highest BCUT2D eigenvalue weighted by molar-refractivity contribution is 9.10. The van der Waals surface area contributed by atoms with Crippen LogP contribution in [0.4, 0.5) is 17.5 Å². The monoisotopic (exact) mass is 328 g/mol. The van der Waals surface area contributed by atoms with Gasteiger partial charge in [0, 0.05) is 27.3 Å². The molecule has 0 aliphatic carbocycles. The molecule has 100 valence electrons. The van der Waals surface area contributed by atoms with E-state index in [0.29, 0.717) is 0 Å². The van der Waals surface area contributed by atoms with Crippen molar-refractivity contribution in [1.29, 1.82) is 0 Å². The molecule has 20 heavy (non-hydrogen) atoms. The number of aryl methyl sites for hydroxylation is 1. The van der Waals surface area contributed by atoms with Gasteiger partial charge in [0.05, 0.1) is 0 Å². The van der Waals surface area contributed by atoms with Crippen LogP contribution in [0.3, 0.4) is 0 Å². The average Bonchev–Trinajstić information content (AvgIpc) is 2.46. The highest BCUT2D eigenvalue weighted by Crippen LogP contribution is 2.31. The van der Waals surface area contributed by atoms with Crippen molar-refractivity contribution in [3.63, 3.8) is 0 Å². The number of fused-ring (bicyclic) bond motifs is 1. The van der Waals surface area contributed by atoms with Crippen molar-refractivity contribution in [1.82, 2.24) is 9.97 Å². The van der Waals surface area contributed by atoms with Gasteiger partial charge in [-0.1, -0.05) is 40.2 Å². The summed E-state index contributed by atoms with van der Waals surface area (Å²) in [5, 5.41) is 5.61. The average molecular weight is 329 g/mol. The molecule has 1 aromatic heterocycles. The Bertz CT molecular complexity index is 786. The maximum atomic E-state index is 5.65. The predicted octanol–water partition coefficient (Wildman–Crippen LogP) is 4.03. The van der Waals surface area contributed by atoms with Crippen molar-refractivity contribution >= 4 is 44.2 Å². The summed E-state index contributed by atoms with van der Waals surface area (Å²) >= 11 is 3.57. The molecule has 3 aromatic rings. The van der Waals surface area contributed by atoms with Crippen LogP contribution in [0.2, 0.25) is 0 Å². The molecule has 2 aromatic carbocycles. The van der Waals surface area contributed by atoms with Crippen molar-refractivity contribution in [2.75, 3.05) is 11.1 Å². The zero-order chi connectivity index (χ0) is 14.1. The lowest BCUT2D eigenvalue weighted by Gasteiger charge is -2.12. The van der Waals surface area contributed by atoms with Gasteiger partial charge in [0.2, 0.25) is 5.95 Å². The van der Waals surface area contributed by atoms with E-state index in [4.69, 9.17) is 5.73 Å². The van der Waals surface area contributed by atoms with Crippen LogP contribution in [-0.4, -0.2) is 9.97 Å². The Labute approximate surface area is 125 Å². The summed E-state index contributed by atoms with van der Waals surface area (Å²) in [4.78, 5) is 8.22. The SMILES string of the molecule is Cc1cnc(N)nc1Nc1ccc(Br)c2ccccc12. The van der Waals surface area contributed by atoms with E-state index >= 15 is 0 Å². The standard InChI is InChI=1S/C15H13BrN4/c1-9-8-18-15(17)20-14(9)19-13-7-6-12(16)10-4-2-3-5-11(10)13/h2-8H,1H3,(H3,17,18,19,20). The van der Waals surface area contributed by atoms with Crippen LogP contribution in [-0.2, 0) is 0 Å². The van der Waals surface area contributed by atoms with Crippen molar-refractivity contribution in [2.24, 2.45) is 0 Å². The minimum atomic E-state index is 0.263. The largest absolute Gasteiger partial charge is 0.368 e. The van der Waals surface area contributed by atoms with Crippen LogP contribution in [0, 0.1) is 6.92 Å². The number of anilines is 3. The Morgan fingerprint density at radius 1 is 1.10 bits per heavy atom. The molecule has 0 bridgehead atoms. The second-order valence-corrected chi connectivity index (χ2v) is 5.38.